The van der Waals surface area contributed by atoms with Gasteiger partial charge in [0.05, 0.1) is 6.61 Å². The van der Waals surface area contributed by atoms with E-state index in [1.807, 2.05) is 49.4 Å². The number of hydrogen-bond acceptors (Lipinski definition) is 2. The van der Waals surface area contributed by atoms with E-state index in [0.29, 0.717) is 6.61 Å². The summed E-state index contributed by atoms with van der Waals surface area (Å²) < 4.78 is 6.68. The van der Waals surface area contributed by atoms with Crippen molar-refractivity contribution < 1.29 is 4.74 Å². The third-order valence-corrected chi connectivity index (χ3v) is 3.13. The van der Waals surface area contributed by atoms with Crippen LogP contribution in [0, 0.1) is 0 Å². The molecule has 0 spiro atoms. The molecule has 0 unspecified atom stereocenters. The van der Waals surface area contributed by atoms with Gasteiger partial charge < -0.3 is 10.1 Å². The minimum Gasteiger partial charge on any atom is -0.494 e. The maximum absolute atomic E-state index is 5.60. The predicted molar refractivity (Wildman–Crippen MR) is 79.1 cm³/mol. The van der Waals surface area contributed by atoms with Crippen molar-refractivity contribution in [2.75, 3.05) is 11.9 Å². The van der Waals surface area contributed by atoms with E-state index in [2.05, 4.69) is 27.3 Å². The summed E-state index contributed by atoms with van der Waals surface area (Å²) in [5, 5.41) is 3.39. The van der Waals surface area contributed by atoms with Gasteiger partial charge in [-0.25, -0.2) is 0 Å². The maximum atomic E-state index is 5.60. The van der Waals surface area contributed by atoms with Gasteiger partial charge in [-0.15, -0.1) is 0 Å². The number of hydrogen-bond donors (Lipinski definition) is 1. The summed E-state index contributed by atoms with van der Waals surface area (Å²) in [6.45, 7) is 3.45. The van der Waals surface area contributed by atoms with Gasteiger partial charge in [0.25, 0.3) is 0 Å². The molecule has 94 valence electrons. The Morgan fingerprint density at radius 3 is 2.50 bits per heavy atom. The quantitative estimate of drug-likeness (QED) is 0.880. The Bertz CT molecular complexity index is 496. The topological polar surface area (TPSA) is 21.3 Å². The summed E-state index contributed by atoms with van der Waals surface area (Å²) in [6, 6.07) is 16.3. The molecule has 1 N–H and O–H groups in total. The molecule has 0 aromatic heterocycles. The number of rotatable bonds is 5. The lowest BCUT2D eigenvalue weighted by Gasteiger charge is -2.11. The highest BCUT2D eigenvalue weighted by Crippen LogP contribution is 2.20. The van der Waals surface area contributed by atoms with Crippen LogP contribution in [0.4, 0.5) is 5.69 Å². The molecule has 0 bridgehead atoms. The van der Waals surface area contributed by atoms with Gasteiger partial charge in [-0.1, -0.05) is 34.1 Å². The Morgan fingerprint density at radius 1 is 1.06 bits per heavy atom. The van der Waals surface area contributed by atoms with Crippen LogP contribution in [0.5, 0.6) is 5.75 Å². The molecule has 0 atom stereocenters. The van der Waals surface area contributed by atoms with Crippen LogP contribution in [0.15, 0.2) is 53.0 Å². The van der Waals surface area contributed by atoms with Crippen LogP contribution < -0.4 is 10.1 Å². The molecule has 2 rings (SSSR count). The van der Waals surface area contributed by atoms with Crippen LogP contribution in [-0.2, 0) is 6.54 Å². The van der Waals surface area contributed by atoms with Gasteiger partial charge in [-0.2, -0.15) is 0 Å². The zero-order valence-electron chi connectivity index (χ0n) is 10.3. The minimum atomic E-state index is 0.690. The molecule has 18 heavy (non-hydrogen) atoms. The third-order valence-electron chi connectivity index (χ3n) is 2.60. The molecular formula is C15H16BrNO. The average molecular weight is 306 g/mol. The lowest BCUT2D eigenvalue weighted by atomic mass is 10.2. The number of halogens is 1. The van der Waals surface area contributed by atoms with Gasteiger partial charge in [-0.05, 0) is 37.3 Å². The molecule has 3 heteroatoms. The van der Waals surface area contributed by atoms with E-state index in [-0.39, 0.29) is 0 Å². The molecular weight excluding hydrogens is 290 g/mol. The number of benzene rings is 2. The highest BCUT2D eigenvalue weighted by molar-refractivity contribution is 9.10. The standard InChI is InChI=1S/C15H16BrNO/c1-2-18-15-6-4-3-5-12(15)11-17-14-9-7-13(16)8-10-14/h3-10,17H,2,11H2,1H3. The van der Waals surface area contributed by atoms with Crippen molar-refractivity contribution in [3.8, 4) is 5.75 Å². The number of para-hydroxylation sites is 1. The maximum Gasteiger partial charge on any atom is 0.124 e. The normalized spacial score (nSPS) is 10.1. The van der Waals surface area contributed by atoms with Crippen molar-refractivity contribution in [1.29, 1.82) is 0 Å². The first-order valence-electron chi connectivity index (χ1n) is 5.99. The number of nitrogens with one attached hydrogen (secondary N) is 1. The Kier molecular flexibility index (Phi) is 4.65. The van der Waals surface area contributed by atoms with Gasteiger partial charge in [0, 0.05) is 22.3 Å². The molecule has 0 saturated heterocycles. The summed E-state index contributed by atoms with van der Waals surface area (Å²) >= 11 is 3.43. The smallest absolute Gasteiger partial charge is 0.124 e. The molecule has 2 aromatic rings. The van der Waals surface area contributed by atoms with E-state index in [9.17, 15) is 0 Å². The highest BCUT2D eigenvalue weighted by Gasteiger charge is 2.01. The van der Waals surface area contributed by atoms with Crippen molar-refractivity contribution in [3.05, 3.63) is 58.6 Å². The van der Waals surface area contributed by atoms with Crippen molar-refractivity contribution in [2.45, 2.75) is 13.5 Å². The summed E-state index contributed by atoms with van der Waals surface area (Å²) in [7, 11) is 0. The number of anilines is 1. The van der Waals surface area contributed by atoms with Crippen molar-refractivity contribution in [2.24, 2.45) is 0 Å². The van der Waals surface area contributed by atoms with E-state index < -0.39 is 0 Å². The van der Waals surface area contributed by atoms with Crippen molar-refractivity contribution >= 4 is 21.6 Å². The average Bonchev–Trinajstić information content (AvgIpc) is 2.40. The Hall–Kier alpha value is -1.48. The molecule has 0 aliphatic heterocycles. The Labute approximate surface area is 116 Å². The van der Waals surface area contributed by atoms with Crippen LogP contribution in [0.3, 0.4) is 0 Å². The second-order valence-corrected chi connectivity index (χ2v) is 4.82. The molecule has 0 saturated carbocycles. The lowest BCUT2D eigenvalue weighted by molar-refractivity contribution is 0.337. The summed E-state index contributed by atoms with van der Waals surface area (Å²) in [5.74, 6) is 0.949. The fraction of sp³-hybridized carbons (Fsp3) is 0.200. The van der Waals surface area contributed by atoms with Crippen LogP contribution in [-0.4, -0.2) is 6.61 Å². The van der Waals surface area contributed by atoms with Gasteiger partial charge in [0.2, 0.25) is 0 Å². The van der Waals surface area contributed by atoms with Gasteiger partial charge in [0.15, 0.2) is 0 Å². The van der Waals surface area contributed by atoms with Gasteiger partial charge >= 0.3 is 0 Å². The molecule has 0 heterocycles. The molecule has 2 aromatic carbocycles. The minimum absolute atomic E-state index is 0.690. The molecule has 0 fully saturated rings. The largest absolute Gasteiger partial charge is 0.494 e. The summed E-state index contributed by atoms with van der Waals surface area (Å²) in [5.41, 5.74) is 2.27. The molecule has 0 radical (unpaired) electrons. The van der Waals surface area contributed by atoms with Gasteiger partial charge in [-0.3, -0.25) is 0 Å². The molecule has 2 nitrogen and oxygen atoms in total. The van der Waals surface area contributed by atoms with E-state index in [4.69, 9.17) is 4.74 Å². The summed E-state index contributed by atoms with van der Waals surface area (Å²) in [6.07, 6.45) is 0. The fourth-order valence-electron chi connectivity index (χ4n) is 1.71. The lowest BCUT2D eigenvalue weighted by Crippen LogP contribution is -2.02. The predicted octanol–water partition coefficient (Wildman–Crippen LogP) is 4.46. The zero-order chi connectivity index (χ0) is 12.8. The first kappa shape index (κ1) is 13.0. The second-order valence-electron chi connectivity index (χ2n) is 3.90. The van der Waals surface area contributed by atoms with Crippen molar-refractivity contribution in [1.82, 2.24) is 0 Å². The fourth-order valence-corrected chi connectivity index (χ4v) is 1.98. The van der Waals surface area contributed by atoms with E-state index >= 15 is 0 Å². The molecule has 0 aliphatic carbocycles. The second kappa shape index (κ2) is 6.45. The SMILES string of the molecule is CCOc1ccccc1CNc1ccc(Br)cc1. The Morgan fingerprint density at radius 2 is 1.78 bits per heavy atom. The molecule has 0 aliphatic rings. The highest BCUT2D eigenvalue weighted by atomic mass is 79.9. The first-order chi connectivity index (χ1) is 8.79. The van der Waals surface area contributed by atoms with Crippen LogP contribution in [0.25, 0.3) is 0 Å². The molecule has 0 amide bonds. The van der Waals surface area contributed by atoms with Gasteiger partial charge in [0.1, 0.15) is 5.75 Å². The van der Waals surface area contributed by atoms with E-state index in [0.717, 1.165) is 22.5 Å². The first-order valence-corrected chi connectivity index (χ1v) is 6.79. The van der Waals surface area contributed by atoms with Crippen molar-refractivity contribution in [3.63, 3.8) is 0 Å². The van der Waals surface area contributed by atoms with Crippen LogP contribution in [0.1, 0.15) is 12.5 Å². The monoisotopic (exact) mass is 305 g/mol. The third kappa shape index (κ3) is 3.50. The van der Waals surface area contributed by atoms with Crippen LogP contribution >= 0.6 is 15.9 Å². The summed E-state index contributed by atoms with van der Waals surface area (Å²) in [4.78, 5) is 0. The zero-order valence-corrected chi connectivity index (χ0v) is 11.9. The van der Waals surface area contributed by atoms with E-state index in [1.165, 1.54) is 5.56 Å². The van der Waals surface area contributed by atoms with Crippen LogP contribution in [0.2, 0.25) is 0 Å². The van der Waals surface area contributed by atoms with E-state index in [1.54, 1.807) is 0 Å². The number of ether oxygens (including phenoxy) is 1. The Balaban J connectivity index is 2.03.